The molecule has 1 aliphatic heterocycles. The number of hydrogen-bond acceptors (Lipinski definition) is 6. The van der Waals surface area contributed by atoms with Crippen LogP contribution in [0.1, 0.15) is 6.92 Å². The molecular formula is C8H14N4O5. The van der Waals surface area contributed by atoms with Crippen LogP contribution < -0.4 is 5.32 Å². The minimum atomic E-state index is -1.41. The number of aliphatic hydroxyl groups is 3. The van der Waals surface area contributed by atoms with Gasteiger partial charge in [0.25, 0.3) is 0 Å². The highest BCUT2D eigenvalue weighted by atomic mass is 16.6. The SMILES string of the molecule is CC(=O)NC1[C@H](O)O[C@H]([C@@H](CO)N=[N+]=[N-])[C@H]1O. The van der Waals surface area contributed by atoms with E-state index in [1.165, 1.54) is 6.92 Å². The van der Waals surface area contributed by atoms with Crippen molar-refractivity contribution in [1.29, 1.82) is 0 Å². The molecule has 1 unspecified atom stereocenters. The summed E-state index contributed by atoms with van der Waals surface area (Å²) in [4.78, 5) is 13.3. The van der Waals surface area contributed by atoms with E-state index in [4.69, 9.17) is 15.4 Å². The first kappa shape index (κ1) is 13.7. The summed E-state index contributed by atoms with van der Waals surface area (Å²) in [6, 6.07) is -2.04. The van der Waals surface area contributed by atoms with E-state index in [2.05, 4.69) is 15.3 Å². The number of azide groups is 1. The quantitative estimate of drug-likeness (QED) is 0.263. The Morgan fingerprint density at radius 2 is 2.29 bits per heavy atom. The Bertz CT molecular complexity index is 332. The Balaban J connectivity index is 2.78. The average Bonchev–Trinajstić information content (AvgIpc) is 2.53. The lowest BCUT2D eigenvalue weighted by molar-refractivity contribution is -0.126. The molecule has 9 heteroatoms. The number of carbonyl (C=O) groups excluding carboxylic acids is 1. The van der Waals surface area contributed by atoms with Crippen molar-refractivity contribution < 1.29 is 24.9 Å². The molecule has 1 amide bonds. The summed E-state index contributed by atoms with van der Waals surface area (Å²) in [5.41, 5.74) is 8.27. The van der Waals surface area contributed by atoms with Crippen LogP contribution in [0, 0.1) is 0 Å². The summed E-state index contributed by atoms with van der Waals surface area (Å²) in [6.07, 6.45) is -3.75. The molecule has 1 heterocycles. The number of aliphatic hydroxyl groups excluding tert-OH is 3. The van der Waals surface area contributed by atoms with Crippen molar-refractivity contribution in [1.82, 2.24) is 5.32 Å². The molecule has 96 valence electrons. The van der Waals surface area contributed by atoms with Gasteiger partial charge in [0, 0.05) is 11.8 Å². The monoisotopic (exact) mass is 246 g/mol. The third-order valence-corrected chi connectivity index (χ3v) is 2.44. The van der Waals surface area contributed by atoms with Gasteiger partial charge in [-0.1, -0.05) is 5.11 Å². The van der Waals surface area contributed by atoms with Crippen molar-refractivity contribution in [2.75, 3.05) is 6.61 Å². The minimum absolute atomic E-state index is 0.443. The minimum Gasteiger partial charge on any atom is -0.396 e. The second-order valence-corrected chi connectivity index (χ2v) is 3.66. The maximum absolute atomic E-state index is 10.8. The number of rotatable bonds is 4. The number of nitrogens with zero attached hydrogens (tertiary/aromatic N) is 3. The summed E-state index contributed by atoms with van der Waals surface area (Å²) in [7, 11) is 0. The van der Waals surface area contributed by atoms with Crippen LogP contribution >= 0.6 is 0 Å². The van der Waals surface area contributed by atoms with Crippen LogP contribution in [0.15, 0.2) is 5.11 Å². The van der Waals surface area contributed by atoms with Gasteiger partial charge < -0.3 is 25.4 Å². The van der Waals surface area contributed by atoms with Crippen molar-refractivity contribution in [3.63, 3.8) is 0 Å². The highest BCUT2D eigenvalue weighted by molar-refractivity contribution is 5.73. The lowest BCUT2D eigenvalue weighted by Gasteiger charge is -2.20. The molecule has 0 spiro atoms. The first-order chi connectivity index (χ1) is 8.01. The van der Waals surface area contributed by atoms with Crippen molar-refractivity contribution >= 4 is 5.91 Å². The molecule has 5 atom stereocenters. The summed E-state index contributed by atoms with van der Waals surface area (Å²) in [5, 5.41) is 33.8. The second kappa shape index (κ2) is 5.80. The zero-order valence-electron chi connectivity index (χ0n) is 9.09. The molecule has 1 saturated heterocycles. The molecule has 1 rings (SSSR count). The van der Waals surface area contributed by atoms with Crippen molar-refractivity contribution in [3.05, 3.63) is 10.4 Å². The van der Waals surface area contributed by atoms with Gasteiger partial charge in [-0.3, -0.25) is 4.79 Å². The molecule has 0 aromatic rings. The van der Waals surface area contributed by atoms with E-state index in [0.29, 0.717) is 0 Å². The van der Waals surface area contributed by atoms with E-state index < -0.39 is 43.1 Å². The summed E-state index contributed by atoms with van der Waals surface area (Å²) >= 11 is 0. The third kappa shape index (κ3) is 3.05. The molecule has 1 fully saturated rings. The maximum Gasteiger partial charge on any atom is 0.217 e. The number of carbonyl (C=O) groups is 1. The van der Waals surface area contributed by atoms with Crippen LogP contribution in [0.5, 0.6) is 0 Å². The van der Waals surface area contributed by atoms with Gasteiger partial charge in [-0.15, -0.1) is 0 Å². The van der Waals surface area contributed by atoms with Gasteiger partial charge in [-0.25, -0.2) is 0 Å². The summed E-state index contributed by atoms with van der Waals surface area (Å²) in [5.74, 6) is -0.443. The van der Waals surface area contributed by atoms with Crippen molar-refractivity contribution in [2.45, 2.75) is 37.5 Å². The maximum atomic E-state index is 10.8. The van der Waals surface area contributed by atoms with E-state index in [0.717, 1.165) is 0 Å². The Morgan fingerprint density at radius 3 is 2.76 bits per heavy atom. The Morgan fingerprint density at radius 1 is 1.65 bits per heavy atom. The molecule has 1 aliphatic rings. The van der Waals surface area contributed by atoms with E-state index in [1.807, 2.05) is 0 Å². The third-order valence-electron chi connectivity index (χ3n) is 2.44. The van der Waals surface area contributed by atoms with E-state index in [1.54, 1.807) is 0 Å². The summed E-state index contributed by atoms with van der Waals surface area (Å²) in [6.45, 7) is 0.690. The number of nitrogens with one attached hydrogen (secondary N) is 1. The summed E-state index contributed by atoms with van der Waals surface area (Å²) < 4.78 is 4.96. The standard InChI is InChI=1S/C8H14N4O5/c1-3(14)10-5-6(15)7(17-8(5)16)4(2-13)11-12-9/h4-8,13,15-16H,2H2,1H3,(H,10,14)/t4-,5?,6+,7-,8-/m1/s1. The van der Waals surface area contributed by atoms with E-state index in [9.17, 15) is 15.0 Å². The fourth-order valence-electron chi connectivity index (χ4n) is 1.68. The highest BCUT2D eigenvalue weighted by Crippen LogP contribution is 2.23. The molecular weight excluding hydrogens is 232 g/mol. The Hall–Kier alpha value is -1.38. The topological polar surface area (TPSA) is 148 Å². The Labute approximate surface area is 96.6 Å². The smallest absolute Gasteiger partial charge is 0.217 e. The molecule has 4 N–H and O–H groups in total. The first-order valence-electron chi connectivity index (χ1n) is 4.95. The van der Waals surface area contributed by atoms with Gasteiger partial charge in [0.15, 0.2) is 6.29 Å². The van der Waals surface area contributed by atoms with Gasteiger partial charge in [-0.2, -0.15) is 0 Å². The van der Waals surface area contributed by atoms with Gasteiger partial charge >= 0.3 is 0 Å². The number of ether oxygens (including phenoxy) is 1. The van der Waals surface area contributed by atoms with Gasteiger partial charge in [0.2, 0.25) is 5.91 Å². The number of hydrogen-bond donors (Lipinski definition) is 4. The van der Waals surface area contributed by atoms with Crippen LogP contribution in [-0.4, -0.2) is 58.4 Å². The molecule has 0 aromatic carbocycles. The van der Waals surface area contributed by atoms with Gasteiger partial charge in [0.05, 0.1) is 18.8 Å². The van der Waals surface area contributed by atoms with Gasteiger partial charge in [-0.05, 0) is 5.53 Å². The second-order valence-electron chi connectivity index (χ2n) is 3.66. The fraction of sp³-hybridized carbons (Fsp3) is 0.875. The van der Waals surface area contributed by atoms with E-state index >= 15 is 0 Å². The lowest BCUT2D eigenvalue weighted by atomic mass is 10.0. The molecule has 0 saturated carbocycles. The molecule has 0 bridgehead atoms. The molecule has 0 aromatic heterocycles. The zero-order chi connectivity index (χ0) is 13.0. The van der Waals surface area contributed by atoms with E-state index in [-0.39, 0.29) is 0 Å². The molecule has 17 heavy (non-hydrogen) atoms. The zero-order valence-corrected chi connectivity index (χ0v) is 9.09. The predicted molar refractivity (Wildman–Crippen MR) is 54.5 cm³/mol. The van der Waals surface area contributed by atoms with Crippen LogP contribution in [0.25, 0.3) is 10.4 Å². The Kier molecular flexibility index (Phi) is 4.67. The van der Waals surface area contributed by atoms with Crippen LogP contribution in [-0.2, 0) is 9.53 Å². The average molecular weight is 246 g/mol. The molecule has 9 nitrogen and oxygen atoms in total. The predicted octanol–water partition coefficient (Wildman–Crippen LogP) is -1.76. The van der Waals surface area contributed by atoms with Crippen molar-refractivity contribution in [3.8, 4) is 0 Å². The lowest BCUT2D eigenvalue weighted by Crippen LogP contribution is -2.48. The molecule has 0 aliphatic carbocycles. The van der Waals surface area contributed by atoms with Crippen LogP contribution in [0.4, 0.5) is 0 Å². The van der Waals surface area contributed by atoms with Gasteiger partial charge in [0.1, 0.15) is 12.1 Å². The highest BCUT2D eigenvalue weighted by Gasteiger charge is 2.46. The van der Waals surface area contributed by atoms with Crippen LogP contribution in [0.2, 0.25) is 0 Å². The number of amides is 1. The largest absolute Gasteiger partial charge is 0.396 e. The fourth-order valence-corrected chi connectivity index (χ4v) is 1.68. The normalized spacial score (nSPS) is 33.9. The van der Waals surface area contributed by atoms with Crippen molar-refractivity contribution in [2.24, 2.45) is 5.11 Å². The first-order valence-corrected chi connectivity index (χ1v) is 4.95. The molecule has 0 radical (unpaired) electrons. The van der Waals surface area contributed by atoms with Crippen LogP contribution in [0.3, 0.4) is 0 Å².